The minimum atomic E-state index is -0.916. The van der Waals surface area contributed by atoms with Gasteiger partial charge in [-0.05, 0) is 24.7 Å². The third-order valence-corrected chi connectivity index (χ3v) is 2.76. The number of hydrogen-bond acceptors (Lipinski definition) is 2. The summed E-state index contributed by atoms with van der Waals surface area (Å²) in [7, 11) is -0.262. The van der Waals surface area contributed by atoms with Crippen molar-refractivity contribution in [2.24, 2.45) is 0 Å². The van der Waals surface area contributed by atoms with Crippen molar-refractivity contribution in [3.63, 3.8) is 0 Å². The van der Waals surface area contributed by atoms with Gasteiger partial charge in [-0.1, -0.05) is 7.92 Å². The molecule has 0 saturated heterocycles. The van der Waals surface area contributed by atoms with Gasteiger partial charge in [-0.3, -0.25) is 4.98 Å². The van der Waals surface area contributed by atoms with Gasteiger partial charge in [-0.2, -0.15) is 0 Å². The highest BCUT2D eigenvalue weighted by atomic mass is 31.1. The van der Waals surface area contributed by atoms with E-state index in [1.54, 1.807) is 12.3 Å². The Balaban J connectivity index is 3.04. The molecule has 0 aliphatic rings. The van der Waals surface area contributed by atoms with Crippen LogP contribution in [0.2, 0.25) is 0 Å². The third kappa shape index (κ3) is 2.02. The van der Waals surface area contributed by atoms with Crippen LogP contribution in [0.25, 0.3) is 0 Å². The fourth-order valence-electron chi connectivity index (χ4n) is 0.789. The molecule has 1 heterocycles. The summed E-state index contributed by atoms with van der Waals surface area (Å²) in [5.74, 6) is -0.916. The van der Waals surface area contributed by atoms with E-state index in [2.05, 4.69) is 18.3 Å². The van der Waals surface area contributed by atoms with Crippen LogP contribution in [0.4, 0.5) is 0 Å². The standard InChI is InChI=1S/C8H10NO2P/c1-12(2)7-3-6(8(10)11)4-9-5-7/h3-5H,1-2H3,(H,10,11). The molecule has 1 aromatic rings. The molecule has 1 aromatic heterocycles. The predicted molar refractivity (Wildman–Crippen MR) is 49.6 cm³/mol. The first kappa shape index (κ1) is 9.14. The number of carboxylic acid groups (broad SMARTS) is 1. The molecule has 0 amide bonds. The molecule has 12 heavy (non-hydrogen) atoms. The first-order chi connectivity index (χ1) is 5.61. The number of aromatic nitrogens is 1. The summed E-state index contributed by atoms with van der Waals surface area (Å²) in [5, 5.41) is 9.68. The van der Waals surface area contributed by atoms with Gasteiger partial charge in [0.05, 0.1) is 5.56 Å². The fourth-order valence-corrected chi connectivity index (χ4v) is 1.48. The molecule has 0 unspecified atom stereocenters. The summed E-state index contributed by atoms with van der Waals surface area (Å²) >= 11 is 0. The van der Waals surface area contributed by atoms with Crippen LogP contribution in [0.1, 0.15) is 10.4 Å². The number of rotatable bonds is 2. The predicted octanol–water partition coefficient (Wildman–Crippen LogP) is 1.15. The first-order valence-electron chi connectivity index (χ1n) is 3.47. The van der Waals surface area contributed by atoms with E-state index in [0.29, 0.717) is 0 Å². The Kier molecular flexibility index (Phi) is 2.77. The van der Waals surface area contributed by atoms with Crippen LogP contribution in [0.5, 0.6) is 0 Å². The second-order valence-electron chi connectivity index (χ2n) is 2.63. The molecule has 64 valence electrons. The fraction of sp³-hybridized carbons (Fsp3) is 0.250. The maximum Gasteiger partial charge on any atom is 0.337 e. The van der Waals surface area contributed by atoms with Gasteiger partial charge in [-0.15, -0.1) is 0 Å². The Morgan fingerprint density at radius 2 is 2.17 bits per heavy atom. The normalized spacial score (nSPS) is 10.2. The van der Waals surface area contributed by atoms with Crippen molar-refractivity contribution >= 4 is 19.2 Å². The number of hydrogen-bond donors (Lipinski definition) is 1. The van der Waals surface area contributed by atoms with Gasteiger partial charge in [-0.25, -0.2) is 4.79 Å². The maximum atomic E-state index is 10.5. The van der Waals surface area contributed by atoms with E-state index >= 15 is 0 Å². The lowest BCUT2D eigenvalue weighted by atomic mass is 10.3. The first-order valence-corrected chi connectivity index (χ1v) is 5.70. The van der Waals surface area contributed by atoms with Crippen LogP contribution in [-0.2, 0) is 0 Å². The average Bonchev–Trinajstić information content (AvgIpc) is 2.04. The summed E-state index contributed by atoms with van der Waals surface area (Å²) in [6, 6.07) is 1.68. The minimum Gasteiger partial charge on any atom is -0.478 e. The zero-order valence-electron chi connectivity index (χ0n) is 6.98. The molecule has 0 fully saturated rings. The summed E-state index contributed by atoms with van der Waals surface area (Å²) in [6.07, 6.45) is 3.09. The molecule has 1 rings (SSSR count). The van der Waals surface area contributed by atoms with Crippen LogP contribution in [0, 0.1) is 0 Å². The molecule has 0 atom stereocenters. The molecular weight excluding hydrogens is 173 g/mol. The van der Waals surface area contributed by atoms with Crippen LogP contribution >= 0.6 is 7.92 Å². The number of pyridine rings is 1. The lowest BCUT2D eigenvalue weighted by Gasteiger charge is -2.04. The molecule has 0 spiro atoms. The lowest BCUT2D eigenvalue weighted by molar-refractivity contribution is 0.0696. The van der Waals surface area contributed by atoms with Gasteiger partial charge >= 0.3 is 5.97 Å². The zero-order chi connectivity index (χ0) is 9.14. The Labute approximate surface area is 72.2 Å². The Hall–Kier alpha value is -0.950. The van der Waals surface area contributed by atoms with E-state index < -0.39 is 5.97 Å². The van der Waals surface area contributed by atoms with Gasteiger partial charge in [0.25, 0.3) is 0 Å². The highest BCUT2D eigenvalue weighted by Gasteiger charge is 2.05. The van der Waals surface area contributed by atoms with E-state index in [-0.39, 0.29) is 13.5 Å². The van der Waals surface area contributed by atoms with Crippen LogP contribution in [0.3, 0.4) is 0 Å². The Bertz CT molecular complexity index is 299. The molecule has 1 N–H and O–H groups in total. The SMILES string of the molecule is CP(C)c1cncc(C(=O)O)c1. The smallest absolute Gasteiger partial charge is 0.337 e. The second kappa shape index (κ2) is 3.63. The quantitative estimate of drug-likeness (QED) is 0.699. The monoisotopic (exact) mass is 183 g/mol. The van der Waals surface area contributed by atoms with Crippen molar-refractivity contribution in [3.05, 3.63) is 24.0 Å². The van der Waals surface area contributed by atoms with E-state index in [0.717, 1.165) is 5.30 Å². The van der Waals surface area contributed by atoms with E-state index in [1.165, 1.54) is 6.20 Å². The number of carbonyl (C=O) groups is 1. The molecule has 3 nitrogen and oxygen atoms in total. The topological polar surface area (TPSA) is 50.2 Å². The van der Waals surface area contributed by atoms with Crippen LogP contribution in [-0.4, -0.2) is 29.4 Å². The minimum absolute atomic E-state index is 0.262. The summed E-state index contributed by atoms with van der Waals surface area (Å²) in [6.45, 7) is 4.13. The van der Waals surface area contributed by atoms with Gasteiger partial charge in [0.2, 0.25) is 0 Å². The molecule has 0 radical (unpaired) electrons. The number of carboxylic acids is 1. The van der Waals surface area contributed by atoms with Crippen molar-refractivity contribution in [3.8, 4) is 0 Å². The van der Waals surface area contributed by atoms with Gasteiger partial charge in [0.15, 0.2) is 0 Å². The van der Waals surface area contributed by atoms with Crippen molar-refractivity contribution in [2.45, 2.75) is 0 Å². The third-order valence-electron chi connectivity index (χ3n) is 1.49. The lowest BCUT2D eigenvalue weighted by Crippen LogP contribution is -2.06. The highest BCUT2D eigenvalue weighted by molar-refractivity contribution is 7.64. The van der Waals surface area contributed by atoms with E-state index in [4.69, 9.17) is 5.11 Å². The molecule has 0 aliphatic carbocycles. The Morgan fingerprint density at radius 1 is 1.50 bits per heavy atom. The number of aromatic carboxylic acids is 1. The molecular formula is C8H10NO2P. The van der Waals surface area contributed by atoms with Crippen molar-refractivity contribution < 1.29 is 9.90 Å². The Morgan fingerprint density at radius 3 is 2.67 bits per heavy atom. The molecule has 0 saturated carbocycles. The van der Waals surface area contributed by atoms with E-state index in [9.17, 15) is 4.79 Å². The van der Waals surface area contributed by atoms with E-state index in [1.807, 2.05) is 0 Å². The highest BCUT2D eigenvalue weighted by Crippen LogP contribution is 2.22. The summed E-state index contributed by atoms with van der Waals surface area (Å²) in [5.41, 5.74) is 0.267. The molecule has 4 heteroatoms. The van der Waals surface area contributed by atoms with Crippen LogP contribution < -0.4 is 5.30 Å². The van der Waals surface area contributed by atoms with Crippen molar-refractivity contribution in [1.29, 1.82) is 0 Å². The van der Waals surface area contributed by atoms with Crippen molar-refractivity contribution in [1.82, 2.24) is 4.98 Å². The number of nitrogens with zero attached hydrogens (tertiary/aromatic N) is 1. The average molecular weight is 183 g/mol. The second-order valence-corrected chi connectivity index (χ2v) is 4.94. The molecule has 0 bridgehead atoms. The maximum absolute atomic E-state index is 10.5. The largest absolute Gasteiger partial charge is 0.478 e. The van der Waals surface area contributed by atoms with Crippen LogP contribution in [0.15, 0.2) is 18.5 Å². The molecule has 0 aliphatic heterocycles. The van der Waals surface area contributed by atoms with Crippen molar-refractivity contribution in [2.75, 3.05) is 13.3 Å². The summed E-state index contributed by atoms with van der Waals surface area (Å²) in [4.78, 5) is 14.4. The zero-order valence-corrected chi connectivity index (χ0v) is 7.88. The van der Waals surface area contributed by atoms with Gasteiger partial charge in [0, 0.05) is 12.4 Å². The van der Waals surface area contributed by atoms with Gasteiger partial charge in [0.1, 0.15) is 0 Å². The van der Waals surface area contributed by atoms with Gasteiger partial charge < -0.3 is 5.11 Å². The summed E-state index contributed by atoms with van der Waals surface area (Å²) < 4.78 is 0. The molecule has 0 aromatic carbocycles.